The maximum atomic E-state index is 6.37. The molecule has 1 fully saturated rings. The van der Waals surface area contributed by atoms with Crippen molar-refractivity contribution in [1.82, 2.24) is 15.0 Å². The lowest BCUT2D eigenvalue weighted by atomic mass is 10.1. The molecule has 7 heteroatoms. The van der Waals surface area contributed by atoms with Crippen molar-refractivity contribution < 1.29 is 0 Å². The van der Waals surface area contributed by atoms with Gasteiger partial charge in [0.05, 0.1) is 28.3 Å². The van der Waals surface area contributed by atoms with Crippen LogP contribution < -0.4 is 9.80 Å². The third kappa shape index (κ3) is 4.18. The highest BCUT2D eigenvalue weighted by atomic mass is 79.9. The Morgan fingerprint density at radius 1 is 0.742 bits per heavy atom. The Morgan fingerprint density at radius 2 is 1.39 bits per heavy atom. The summed E-state index contributed by atoms with van der Waals surface area (Å²) in [5.74, 6) is 0. The van der Waals surface area contributed by atoms with Crippen molar-refractivity contribution in [3.63, 3.8) is 0 Å². The molecule has 3 aromatic carbocycles. The zero-order chi connectivity index (χ0) is 21.2. The van der Waals surface area contributed by atoms with Crippen LogP contribution in [0.25, 0.3) is 16.9 Å². The minimum atomic E-state index is 0.815. The fourth-order valence-electron chi connectivity index (χ4n) is 3.96. The average Bonchev–Trinajstić information content (AvgIpc) is 3.30. The Hall–Kier alpha value is -2.83. The van der Waals surface area contributed by atoms with E-state index >= 15 is 0 Å². The fourth-order valence-corrected chi connectivity index (χ4v) is 4.48. The van der Waals surface area contributed by atoms with Crippen molar-refractivity contribution in [2.75, 3.05) is 36.0 Å². The summed E-state index contributed by atoms with van der Waals surface area (Å²) in [7, 11) is 0. The van der Waals surface area contributed by atoms with Crippen molar-refractivity contribution in [1.29, 1.82) is 0 Å². The van der Waals surface area contributed by atoms with Crippen LogP contribution in [0.15, 0.2) is 83.5 Å². The molecule has 0 saturated carbocycles. The Balaban J connectivity index is 1.30. The van der Waals surface area contributed by atoms with Gasteiger partial charge in [0, 0.05) is 41.9 Å². The van der Waals surface area contributed by atoms with E-state index in [9.17, 15) is 0 Å². The highest BCUT2D eigenvalue weighted by Crippen LogP contribution is 2.28. The molecule has 0 atom stereocenters. The largest absolute Gasteiger partial charge is 0.368 e. The Morgan fingerprint density at radius 3 is 2.10 bits per heavy atom. The number of para-hydroxylation sites is 1. The highest BCUT2D eigenvalue weighted by molar-refractivity contribution is 9.10. The molecule has 5 nitrogen and oxygen atoms in total. The van der Waals surface area contributed by atoms with E-state index < -0.39 is 0 Å². The third-order valence-corrected chi connectivity index (χ3v) is 6.47. The van der Waals surface area contributed by atoms with Gasteiger partial charge in [-0.25, -0.2) is 4.68 Å². The lowest BCUT2D eigenvalue weighted by molar-refractivity contribution is 0.653. The molecule has 0 amide bonds. The summed E-state index contributed by atoms with van der Waals surface area (Å²) in [6.45, 7) is 3.81. The van der Waals surface area contributed by atoms with E-state index in [1.165, 1.54) is 5.69 Å². The summed E-state index contributed by atoms with van der Waals surface area (Å²) in [6.07, 6.45) is 1.80. The molecule has 31 heavy (non-hydrogen) atoms. The van der Waals surface area contributed by atoms with Crippen LogP contribution in [0.3, 0.4) is 0 Å². The summed E-state index contributed by atoms with van der Waals surface area (Å²) >= 11 is 9.86. The molecule has 0 N–H and O–H groups in total. The van der Waals surface area contributed by atoms with E-state index in [-0.39, 0.29) is 0 Å². The molecule has 0 spiro atoms. The molecular formula is C24H21BrClN5. The maximum Gasteiger partial charge on any atom is 0.0944 e. The van der Waals surface area contributed by atoms with Crippen LogP contribution >= 0.6 is 27.5 Å². The van der Waals surface area contributed by atoms with Crippen LogP contribution in [0.2, 0.25) is 5.02 Å². The number of hydrogen-bond acceptors (Lipinski definition) is 4. The quantitative estimate of drug-likeness (QED) is 0.366. The van der Waals surface area contributed by atoms with Gasteiger partial charge in [0.1, 0.15) is 0 Å². The summed E-state index contributed by atoms with van der Waals surface area (Å²) < 4.78 is 2.93. The Bertz CT molecular complexity index is 1170. The highest BCUT2D eigenvalue weighted by Gasteiger charge is 2.19. The van der Waals surface area contributed by atoms with E-state index in [1.807, 2.05) is 35.0 Å². The van der Waals surface area contributed by atoms with Crippen LogP contribution in [-0.4, -0.2) is 41.2 Å². The van der Waals surface area contributed by atoms with Gasteiger partial charge in [0.2, 0.25) is 0 Å². The van der Waals surface area contributed by atoms with Crippen molar-refractivity contribution in [3.05, 3.63) is 88.5 Å². The lowest BCUT2D eigenvalue weighted by Gasteiger charge is -2.37. The van der Waals surface area contributed by atoms with Gasteiger partial charge >= 0.3 is 0 Å². The number of rotatable bonds is 4. The van der Waals surface area contributed by atoms with Crippen LogP contribution in [0.4, 0.5) is 11.4 Å². The fraction of sp³-hybridized carbons (Fsp3) is 0.167. The molecule has 0 radical (unpaired) electrons. The lowest BCUT2D eigenvalue weighted by Crippen LogP contribution is -2.46. The Kier molecular flexibility index (Phi) is 5.66. The summed E-state index contributed by atoms with van der Waals surface area (Å²) in [4.78, 5) is 4.77. The van der Waals surface area contributed by atoms with Gasteiger partial charge in [-0.1, -0.05) is 57.0 Å². The predicted molar refractivity (Wildman–Crippen MR) is 130 cm³/mol. The molecule has 0 aliphatic carbocycles. The van der Waals surface area contributed by atoms with Gasteiger partial charge in [0.15, 0.2) is 0 Å². The monoisotopic (exact) mass is 493 g/mol. The average molecular weight is 495 g/mol. The third-order valence-electron chi connectivity index (χ3n) is 5.62. The predicted octanol–water partition coefficient (Wildman–Crippen LogP) is 5.68. The zero-order valence-electron chi connectivity index (χ0n) is 16.8. The summed E-state index contributed by atoms with van der Waals surface area (Å²) in [6, 6.07) is 24.8. The minimum Gasteiger partial charge on any atom is -0.368 e. The molecule has 1 aliphatic rings. The number of nitrogens with zero attached hydrogens (tertiary/aromatic N) is 5. The topological polar surface area (TPSA) is 37.2 Å². The maximum absolute atomic E-state index is 6.37. The van der Waals surface area contributed by atoms with Gasteiger partial charge in [-0.2, -0.15) is 0 Å². The van der Waals surface area contributed by atoms with Crippen molar-refractivity contribution >= 4 is 38.9 Å². The van der Waals surface area contributed by atoms with Gasteiger partial charge in [0.25, 0.3) is 0 Å². The second-order valence-electron chi connectivity index (χ2n) is 7.48. The van der Waals surface area contributed by atoms with E-state index in [4.69, 9.17) is 11.6 Å². The first-order valence-electron chi connectivity index (χ1n) is 10.2. The van der Waals surface area contributed by atoms with E-state index in [0.29, 0.717) is 0 Å². The van der Waals surface area contributed by atoms with Crippen molar-refractivity contribution in [3.8, 4) is 16.9 Å². The molecule has 1 saturated heterocycles. The second kappa shape index (κ2) is 8.73. The first-order chi connectivity index (χ1) is 15.2. The summed E-state index contributed by atoms with van der Waals surface area (Å²) in [5.41, 5.74) is 5.37. The van der Waals surface area contributed by atoms with Crippen LogP contribution in [-0.2, 0) is 0 Å². The smallest absolute Gasteiger partial charge is 0.0944 e. The molecule has 4 aromatic rings. The number of halogens is 2. The van der Waals surface area contributed by atoms with Crippen LogP contribution in [0.1, 0.15) is 0 Å². The number of aromatic nitrogens is 3. The van der Waals surface area contributed by atoms with E-state index in [0.717, 1.165) is 58.3 Å². The SMILES string of the molecule is Clc1ccccc1N1CCN(c2ccc(-n3nncc3-c3ccc(Br)cc3)cc2)CC1. The van der Waals surface area contributed by atoms with Crippen LogP contribution in [0, 0.1) is 0 Å². The minimum absolute atomic E-state index is 0.815. The first kappa shape index (κ1) is 20.1. The first-order valence-corrected chi connectivity index (χ1v) is 11.4. The number of anilines is 2. The van der Waals surface area contributed by atoms with Gasteiger partial charge in [-0.3, -0.25) is 0 Å². The number of benzene rings is 3. The van der Waals surface area contributed by atoms with Crippen molar-refractivity contribution in [2.45, 2.75) is 0 Å². The molecule has 156 valence electrons. The Labute approximate surface area is 195 Å². The molecule has 1 aliphatic heterocycles. The van der Waals surface area contributed by atoms with Gasteiger partial charge in [-0.15, -0.1) is 5.10 Å². The van der Waals surface area contributed by atoms with Gasteiger partial charge < -0.3 is 9.80 Å². The molecule has 5 rings (SSSR count). The molecular weight excluding hydrogens is 474 g/mol. The normalized spacial score (nSPS) is 14.1. The van der Waals surface area contributed by atoms with Gasteiger partial charge in [-0.05, 0) is 48.5 Å². The standard InChI is InChI=1S/C24H21BrClN5/c25-19-7-5-18(6-8-19)24-17-27-28-31(24)21-11-9-20(10-12-21)29-13-15-30(16-14-29)23-4-2-1-3-22(23)26/h1-12,17H,13-16H2. The molecule has 1 aromatic heterocycles. The summed E-state index contributed by atoms with van der Waals surface area (Å²) in [5, 5.41) is 9.24. The number of piperazine rings is 1. The zero-order valence-corrected chi connectivity index (χ0v) is 19.2. The number of hydrogen-bond donors (Lipinski definition) is 0. The van der Waals surface area contributed by atoms with Crippen molar-refractivity contribution in [2.24, 2.45) is 0 Å². The molecule has 0 bridgehead atoms. The van der Waals surface area contributed by atoms with Crippen LogP contribution in [0.5, 0.6) is 0 Å². The van der Waals surface area contributed by atoms with E-state index in [1.54, 1.807) is 6.20 Å². The molecule has 2 heterocycles. The van der Waals surface area contributed by atoms with E-state index in [2.05, 4.69) is 78.5 Å². The second-order valence-corrected chi connectivity index (χ2v) is 8.80. The molecule has 0 unspecified atom stereocenters.